The molecule has 1 aliphatic heterocycles. The van der Waals surface area contributed by atoms with Crippen LogP contribution in [0.2, 0.25) is 10.0 Å². The van der Waals surface area contributed by atoms with Crippen LogP contribution < -0.4 is 4.74 Å². The van der Waals surface area contributed by atoms with Gasteiger partial charge in [-0.2, -0.15) is 0 Å². The van der Waals surface area contributed by atoms with Gasteiger partial charge in [-0.3, -0.25) is 14.7 Å². The van der Waals surface area contributed by atoms with Gasteiger partial charge in [-0.25, -0.2) is 0 Å². The molecule has 1 heterocycles. The Morgan fingerprint density at radius 3 is 2.64 bits per heavy atom. The summed E-state index contributed by atoms with van der Waals surface area (Å²) >= 11 is 19.2. The first-order chi connectivity index (χ1) is 13.3. The average molecular weight is 612 g/mol. The van der Waals surface area contributed by atoms with Crippen molar-refractivity contribution < 1.29 is 9.53 Å². The van der Waals surface area contributed by atoms with E-state index in [1.54, 1.807) is 31.1 Å². The number of hydrogen-bond acceptors (Lipinski definition) is 4. The fourth-order valence-corrected chi connectivity index (χ4v) is 5.50. The highest BCUT2D eigenvalue weighted by molar-refractivity contribution is 14.1. The zero-order valence-corrected chi connectivity index (χ0v) is 20.9. The number of carbonyl (C=O) groups is 1. The third-order valence-corrected chi connectivity index (χ3v) is 7.16. The van der Waals surface area contributed by atoms with Crippen molar-refractivity contribution in [3.05, 3.63) is 64.5 Å². The zero-order valence-electron chi connectivity index (χ0n) is 14.8. The number of carbonyl (C=O) groups excluding carboxylic acids is 1. The van der Waals surface area contributed by atoms with Crippen LogP contribution in [0.25, 0.3) is 6.08 Å². The first-order valence-electron chi connectivity index (χ1n) is 8.00. The van der Waals surface area contributed by atoms with Crippen molar-refractivity contribution in [2.75, 3.05) is 14.1 Å². The van der Waals surface area contributed by atoms with Crippen LogP contribution >= 0.6 is 73.5 Å². The summed E-state index contributed by atoms with van der Waals surface area (Å²) in [5.41, 5.74) is 1.82. The number of nitrogens with zero attached hydrogens (tertiary/aromatic N) is 2. The summed E-state index contributed by atoms with van der Waals surface area (Å²) in [6, 6.07) is 9.31. The molecular formula is C19H14BrCl2IN2O2S. The smallest absolute Gasteiger partial charge is 0.266 e. The van der Waals surface area contributed by atoms with Gasteiger partial charge in [0, 0.05) is 14.1 Å². The Labute approximate surface area is 199 Å². The molecule has 3 rings (SSSR count). The van der Waals surface area contributed by atoms with E-state index in [1.165, 1.54) is 11.8 Å². The molecule has 1 aliphatic rings. The normalized spacial score (nSPS) is 17.1. The van der Waals surface area contributed by atoms with Gasteiger partial charge >= 0.3 is 0 Å². The van der Waals surface area contributed by atoms with Crippen LogP contribution in [0.5, 0.6) is 5.75 Å². The van der Waals surface area contributed by atoms with E-state index in [2.05, 4.69) is 43.5 Å². The second kappa shape index (κ2) is 9.38. The molecule has 1 saturated heterocycles. The monoisotopic (exact) mass is 610 g/mol. The van der Waals surface area contributed by atoms with Gasteiger partial charge in [0.05, 0.1) is 23.0 Å². The molecule has 4 nitrogen and oxygen atoms in total. The third kappa shape index (κ3) is 4.87. The summed E-state index contributed by atoms with van der Waals surface area (Å²) in [7, 11) is 3.40. The van der Waals surface area contributed by atoms with E-state index in [0.717, 1.165) is 24.9 Å². The summed E-state index contributed by atoms with van der Waals surface area (Å²) in [6.45, 7) is 0.362. The molecule has 0 spiro atoms. The Hall–Kier alpha value is -0.740. The topological polar surface area (TPSA) is 41.9 Å². The lowest BCUT2D eigenvalue weighted by molar-refractivity contribution is -0.121. The Bertz CT molecular complexity index is 990. The number of thioether (sulfide) groups is 1. The van der Waals surface area contributed by atoms with Crippen LogP contribution in [0.3, 0.4) is 0 Å². The molecule has 0 bridgehead atoms. The Kier molecular flexibility index (Phi) is 7.36. The van der Waals surface area contributed by atoms with Gasteiger partial charge in [-0.15, -0.1) is 0 Å². The van der Waals surface area contributed by atoms with E-state index in [4.69, 9.17) is 27.9 Å². The second-order valence-corrected chi connectivity index (χ2v) is 9.67. The van der Waals surface area contributed by atoms with E-state index < -0.39 is 0 Å². The minimum Gasteiger partial charge on any atom is -0.487 e. The number of ether oxygens (including phenoxy) is 1. The molecule has 0 saturated carbocycles. The molecule has 0 N–H and O–H groups in total. The lowest BCUT2D eigenvalue weighted by atomic mass is 10.2. The van der Waals surface area contributed by atoms with Crippen molar-refractivity contribution in [2.45, 2.75) is 6.61 Å². The van der Waals surface area contributed by atoms with E-state index in [1.807, 2.05) is 24.3 Å². The van der Waals surface area contributed by atoms with Crippen LogP contribution in [-0.2, 0) is 11.4 Å². The lowest BCUT2D eigenvalue weighted by Gasteiger charge is -2.12. The quantitative estimate of drug-likeness (QED) is 0.294. The molecule has 2 aromatic carbocycles. The number of rotatable bonds is 4. The molecule has 28 heavy (non-hydrogen) atoms. The van der Waals surface area contributed by atoms with Gasteiger partial charge in [0.1, 0.15) is 12.4 Å². The summed E-state index contributed by atoms with van der Waals surface area (Å²) in [5, 5.41) is 1.70. The van der Waals surface area contributed by atoms with Crippen LogP contribution in [0, 0.1) is 3.57 Å². The number of halogens is 4. The van der Waals surface area contributed by atoms with Crippen molar-refractivity contribution in [3.63, 3.8) is 0 Å². The van der Waals surface area contributed by atoms with Crippen LogP contribution in [0.1, 0.15) is 11.1 Å². The van der Waals surface area contributed by atoms with E-state index >= 15 is 0 Å². The number of amides is 1. The Morgan fingerprint density at radius 2 is 2.04 bits per heavy atom. The highest BCUT2D eigenvalue weighted by Crippen LogP contribution is 2.36. The molecule has 0 aliphatic carbocycles. The van der Waals surface area contributed by atoms with Gasteiger partial charge in [0.15, 0.2) is 5.17 Å². The maximum Gasteiger partial charge on any atom is 0.266 e. The van der Waals surface area contributed by atoms with Crippen molar-refractivity contribution in [1.82, 2.24) is 4.90 Å². The fourth-order valence-electron chi connectivity index (χ4n) is 2.49. The Morgan fingerprint density at radius 1 is 1.29 bits per heavy atom. The highest BCUT2D eigenvalue weighted by Gasteiger charge is 2.29. The number of hydrogen-bond donors (Lipinski definition) is 0. The van der Waals surface area contributed by atoms with E-state index in [0.29, 0.717) is 26.7 Å². The van der Waals surface area contributed by atoms with Crippen molar-refractivity contribution >= 4 is 90.6 Å². The first kappa shape index (κ1) is 22.0. The number of amidine groups is 1. The largest absolute Gasteiger partial charge is 0.487 e. The zero-order chi connectivity index (χ0) is 20.4. The van der Waals surface area contributed by atoms with Crippen LogP contribution in [0.15, 0.2) is 44.7 Å². The van der Waals surface area contributed by atoms with E-state index in [-0.39, 0.29) is 5.91 Å². The molecule has 0 unspecified atom stereocenters. The number of likely N-dealkylation sites (N-methyl/N-ethyl adjacent to an activating group) is 1. The fraction of sp³-hybridized carbons (Fsp3) is 0.158. The molecule has 2 aromatic rings. The maximum absolute atomic E-state index is 12.3. The summed E-state index contributed by atoms with van der Waals surface area (Å²) in [6.07, 6.45) is 1.86. The molecular weight excluding hydrogens is 598 g/mol. The minimum absolute atomic E-state index is 0.0586. The van der Waals surface area contributed by atoms with E-state index in [9.17, 15) is 4.79 Å². The molecule has 146 valence electrons. The van der Waals surface area contributed by atoms with Crippen LogP contribution in [0.4, 0.5) is 0 Å². The number of benzene rings is 2. The predicted molar refractivity (Wildman–Crippen MR) is 129 cm³/mol. The maximum atomic E-state index is 12.3. The lowest BCUT2D eigenvalue weighted by Crippen LogP contribution is -2.23. The van der Waals surface area contributed by atoms with Gasteiger partial charge in [0.2, 0.25) is 0 Å². The predicted octanol–water partition coefficient (Wildman–Crippen LogP) is 6.47. The summed E-state index contributed by atoms with van der Waals surface area (Å²) < 4.78 is 7.70. The van der Waals surface area contributed by atoms with Gasteiger partial charge in [0.25, 0.3) is 5.91 Å². The Balaban J connectivity index is 1.80. The van der Waals surface area contributed by atoms with Crippen molar-refractivity contribution in [3.8, 4) is 5.75 Å². The molecule has 1 fully saturated rings. The summed E-state index contributed by atoms with van der Waals surface area (Å²) in [4.78, 5) is 18.6. The standard InChI is InChI=1S/C19H14BrCl2IN2O2S/c1-24-19-25(2)18(26)16(28-19)8-11-5-12(20)17(15(23)7-11)27-9-10-3-4-13(21)14(22)6-10/h3-8H,9H2,1-2H3/b16-8-,24-19?. The first-order valence-corrected chi connectivity index (χ1v) is 11.4. The minimum atomic E-state index is -0.0586. The van der Waals surface area contributed by atoms with Crippen molar-refractivity contribution in [2.24, 2.45) is 4.99 Å². The molecule has 0 aromatic heterocycles. The van der Waals surface area contributed by atoms with Gasteiger partial charge in [-0.05, 0) is 91.8 Å². The third-order valence-electron chi connectivity index (χ3n) is 3.88. The molecule has 0 radical (unpaired) electrons. The van der Waals surface area contributed by atoms with Crippen LogP contribution in [-0.4, -0.2) is 30.1 Å². The highest BCUT2D eigenvalue weighted by atomic mass is 127. The second-order valence-electron chi connectivity index (χ2n) is 5.83. The molecule has 0 atom stereocenters. The van der Waals surface area contributed by atoms with Crippen molar-refractivity contribution in [1.29, 1.82) is 0 Å². The number of aliphatic imine (C=N–C) groups is 1. The van der Waals surface area contributed by atoms with Gasteiger partial charge in [-0.1, -0.05) is 29.3 Å². The average Bonchev–Trinajstić information content (AvgIpc) is 2.91. The summed E-state index contributed by atoms with van der Waals surface area (Å²) in [5.74, 6) is 0.670. The SMILES string of the molecule is CN=C1S/C(=C\c2cc(Br)c(OCc3ccc(Cl)c(Cl)c3)c(I)c2)C(=O)N1C. The van der Waals surface area contributed by atoms with Gasteiger partial charge < -0.3 is 4.74 Å². The molecule has 1 amide bonds. The molecule has 9 heteroatoms.